The molecule has 1 atom stereocenters. The predicted octanol–water partition coefficient (Wildman–Crippen LogP) is 2.90. The van der Waals surface area contributed by atoms with Gasteiger partial charge < -0.3 is 14.5 Å². The number of ether oxygens (including phenoxy) is 1. The van der Waals surface area contributed by atoms with Crippen LogP contribution in [0.3, 0.4) is 0 Å². The van der Waals surface area contributed by atoms with Crippen LogP contribution in [0.2, 0.25) is 0 Å². The van der Waals surface area contributed by atoms with Crippen molar-refractivity contribution in [1.29, 1.82) is 0 Å². The van der Waals surface area contributed by atoms with Gasteiger partial charge in [0, 0.05) is 24.0 Å². The molecule has 0 aliphatic rings. The Hall–Kier alpha value is -2.51. The highest BCUT2D eigenvalue weighted by Gasteiger charge is 2.20. The van der Waals surface area contributed by atoms with Crippen molar-refractivity contribution in [2.45, 2.75) is 11.8 Å². The molecule has 0 fully saturated rings. The van der Waals surface area contributed by atoms with Gasteiger partial charge >= 0.3 is 0 Å². The van der Waals surface area contributed by atoms with Crippen LogP contribution in [-0.2, 0) is 11.2 Å². The van der Waals surface area contributed by atoms with E-state index in [4.69, 9.17) is 4.74 Å². The van der Waals surface area contributed by atoms with Gasteiger partial charge in [-0.3, -0.25) is 4.98 Å². The lowest BCUT2D eigenvalue weighted by Crippen LogP contribution is -2.01. The van der Waals surface area contributed by atoms with Crippen molar-refractivity contribution < 1.29 is 14.5 Å². The summed E-state index contributed by atoms with van der Waals surface area (Å²) in [7, 11) is 1.53. The van der Waals surface area contributed by atoms with Gasteiger partial charge in [0.2, 0.25) is 0 Å². The lowest BCUT2D eigenvalue weighted by atomic mass is 10.2. The van der Waals surface area contributed by atoms with E-state index in [0.717, 1.165) is 10.3 Å². The second-order valence-electron chi connectivity index (χ2n) is 5.23. The lowest BCUT2D eigenvalue weighted by Gasteiger charge is -2.10. The van der Waals surface area contributed by atoms with Gasteiger partial charge in [0.05, 0.1) is 24.1 Å². The third kappa shape index (κ3) is 2.83. The van der Waals surface area contributed by atoms with Crippen molar-refractivity contribution in [3.8, 4) is 28.4 Å². The molecule has 1 unspecified atom stereocenters. The molecule has 1 aromatic carbocycles. The smallest absolute Gasteiger partial charge is 0.179 e. The van der Waals surface area contributed by atoms with Crippen LogP contribution in [0.5, 0.6) is 5.75 Å². The average Bonchev–Trinajstić information content (AvgIpc) is 2.90. The molecule has 0 aliphatic heterocycles. The number of imidazole rings is 1. The van der Waals surface area contributed by atoms with E-state index in [0.29, 0.717) is 33.4 Å². The molecule has 0 radical (unpaired) electrons. The summed E-state index contributed by atoms with van der Waals surface area (Å²) in [6.07, 6.45) is 4.96. The summed E-state index contributed by atoms with van der Waals surface area (Å²) >= 11 is -1.12. The highest BCUT2D eigenvalue weighted by atomic mass is 32.2. The Kier molecular flexibility index (Phi) is 4.46. The average molecular weight is 343 g/mol. The van der Waals surface area contributed by atoms with Crippen LogP contribution in [0.1, 0.15) is 5.69 Å². The van der Waals surface area contributed by atoms with Crippen LogP contribution < -0.4 is 4.74 Å². The highest BCUT2D eigenvalue weighted by Crippen LogP contribution is 2.34. The van der Waals surface area contributed by atoms with E-state index >= 15 is 0 Å². The number of rotatable bonds is 4. The summed E-state index contributed by atoms with van der Waals surface area (Å²) in [6, 6.07) is 8.85. The molecule has 7 heteroatoms. The van der Waals surface area contributed by atoms with Gasteiger partial charge in [-0.2, -0.15) is 4.73 Å². The Labute approximate surface area is 142 Å². The van der Waals surface area contributed by atoms with E-state index in [1.165, 1.54) is 7.11 Å². The molecule has 0 aliphatic carbocycles. The minimum Gasteiger partial charge on any atom is -0.612 e. The molecule has 1 N–H and O–H groups in total. The summed E-state index contributed by atoms with van der Waals surface area (Å²) in [6.45, 7) is 1.79. The number of pyridine rings is 1. The number of benzene rings is 1. The maximum Gasteiger partial charge on any atom is 0.179 e. The first-order chi connectivity index (χ1) is 11.5. The highest BCUT2D eigenvalue weighted by molar-refractivity contribution is 7.90. The Morgan fingerprint density at radius 2 is 1.92 bits per heavy atom. The van der Waals surface area contributed by atoms with E-state index in [1.807, 2.05) is 12.1 Å². The SMILES string of the molecule is COc1cc([S+](C)[O-])ccc1-c1nc(-c2ccncc2)c(C)n1O. The first-order valence-electron chi connectivity index (χ1n) is 7.23. The van der Waals surface area contributed by atoms with Gasteiger partial charge in [0.25, 0.3) is 0 Å². The molecule has 0 spiro atoms. The number of hydrogen-bond donors (Lipinski definition) is 1. The van der Waals surface area contributed by atoms with Crippen molar-refractivity contribution in [3.05, 3.63) is 48.4 Å². The van der Waals surface area contributed by atoms with Crippen molar-refractivity contribution in [3.63, 3.8) is 0 Å². The fourth-order valence-corrected chi connectivity index (χ4v) is 3.02. The van der Waals surface area contributed by atoms with E-state index in [1.54, 1.807) is 43.8 Å². The van der Waals surface area contributed by atoms with Crippen molar-refractivity contribution in [1.82, 2.24) is 14.7 Å². The Morgan fingerprint density at radius 3 is 2.54 bits per heavy atom. The van der Waals surface area contributed by atoms with E-state index in [9.17, 15) is 9.76 Å². The molecular formula is C17H17N3O3S. The fraction of sp³-hybridized carbons (Fsp3) is 0.176. The molecule has 3 aromatic rings. The number of methoxy groups -OCH3 is 1. The van der Waals surface area contributed by atoms with Crippen molar-refractivity contribution in [2.75, 3.05) is 13.4 Å². The van der Waals surface area contributed by atoms with Crippen LogP contribution >= 0.6 is 0 Å². The van der Waals surface area contributed by atoms with Crippen LogP contribution in [0, 0.1) is 6.92 Å². The van der Waals surface area contributed by atoms with E-state index in [-0.39, 0.29) is 0 Å². The molecule has 124 valence electrons. The van der Waals surface area contributed by atoms with Crippen LogP contribution in [0.25, 0.3) is 22.6 Å². The molecule has 2 aromatic heterocycles. The first-order valence-corrected chi connectivity index (χ1v) is 8.79. The monoisotopic (exact) mass is 343 g/mol. The molecule has 6 nitrogen and oxygen atoms in total. The minimum atomic E-state index is -1.12. The van der Waals surface area contributed by atoms with Crippen LogP contribution in [0.4, 0.5) is 0 Å². The van der Waals surface area contributed by atoms with E-state index in [2.05, 4.69) is 9.97 Å². The van der Waals surface area contributed by atoms with Crippen LogP contribution in [-0.4, -0.2) is 37.8 Å². The maximum atomic E-state index is 11.7. The Balaban J connectivity index is 2.14. The van der Waals surface area contributed by atoms with Gasteiger partial charge in [0.1, 0.15) is 12.0 Å². The number of hydrogen-bond acceptors (Lipinski definition) is 5. The predicted molar refractivity (Wildman–Crippen MR) is 91.7 cm³/mol. The summed E-state index contributed by atoms with van der Waals surface area (Å²) in [4.78, 5) is 9.21. The Bertz CT molecular complexity index is 863. The third-order valence-corrected chi connectivity index (χ3v) is 4.70. The molecule has 3 rings (SSSR count). The number of nitrogens with zero attached hydrogens (tertiary/aromatic N) is 3. The zero-order valence-electron chi connectivity index (χ0n) is 13.6. The van der Waals surface area contributed by atoms with Crippen molar-refractivity contribution >= 4 is 11.2 Å². The second-order valence-corrected chi connectivity index (χ2v) is 6.61. The first kappa shape index (κ1) is 16.4. The minimum absolute atomic E-state index is 0.365. The normalized spacial score (nSPS) is 12.2. The quantitative estimate of drug-likeness (QED) is 0.582. The maximum absolute atomic E-state index is 11.7. The van der Waals surface area contributed by atoms with E-state index < -0.39 is 11.2 Å². The van der Waals surface area contributed by atoms with Gasteiger partial charge in [-0.25, -0.2) is 4.98 Å². The fourth-order valence-electron chi connectivity index (χ4n) is 2.49. The summed E-state index contributed by atoms with van der Waals surface area (Å²) in [5.41, 5.74) is 2.76. The molecule has 0 saturated heterocycles. The largest absolute Gasteiger partial charge is 0.612 e. The van der Waals surface area contributed by atoms with Gasteiger partial charge in [-0.15, -0.1) is 0 Å². The lowest BCUT2D eigenvalue weighted by molar-refractivity contribution is 0.184. The molecule has 0 saturated carbocycles. The van der Waals surface area contributed by atoms with Crippen molar-refractivity contribution in [2.24, 2.45) is 0 Å². The van der Waals surface area contributed by atoms with Gasteiger partial charge in [-0.05, 0) is 42.4 Å². The van der Waals surface area contributed by atoms with Crippen LogP contribution in [0.15, 0.2) is 47.6 Å². The molecular weight excluding hydrogens is 326 g/mol. The second kappa shape index (κ2) is 6.54. The Morgan fingerprint density at radius 1 is 1.21 bits per heavy atom. The zero-order valence-corrected chi connectivity index (χ0v) is 14.4. The summed E-state index contributed by atoms with van der Waals surface area (Å²) < 4.78 is 18.1. The zero-order chi connectivity index (χ0) is 17.3. The molecule has 24 heavy (non-hydrogen) atoms. The summed E-state index contributed by atoms with van der Waals surface area (Å²) in [5, 5.41) is 10.5. The third-order valence-electron chi connectivity index (χ3n) is 3.78. The topological polar surface area (TPSA) is 83.2 Å². The molecule has 0 bridgehead atoms. The molecule has 2 heterocycles. The van der Waals surface area contributed by atoms with Gasteiger partial charge in [0.15, 0.2) is 10.7 Å². The standard InChI is InChI=1S/C17H17N3O3S/c1-11-16(12-6-8-18-9-7-12)19-17(20(11)21)14-5-4-13(24(3)22)10-15(14)23-2/h4-10,21H,1-3H3. The number of aromatic nitrogens is 3. The summed E-state index contributed by atoms with van der Waals surface area (Å²) in [5.74, 6) is 0.869. The molecule has 0 amide bonds. The van der Waals surface area contributed by atoms with Gasteiger partial charge in [-0.1, -0.05) is 0 Å².